The summed E-state index contributed by atoms with van der Waals surface area (Å²) in [6.45, 7) is 4.97. The lowest BCUT2D eigenvalue weighted by Crippen LogP contribution is -2.38. The van der Waals surface area contributed by atoms with Crippen molar-refractivity contribution in [3.63, 3.8) is 0 Å². The minimum atomic E-state index is -1.06. The van der Waals surface area contributed by atoms with Crippen LogP contribution < -0.4 is 5.73 Å². The van der Waals surface area contributed by atoms with Crippen LogP contribution in [0.15, 0.2) is 0 Å². The van der Waals surface area contributed by atoms with Crippen LogP contribution in [0.2, 0.25) is 0 Å². The highest BCUT2D eigenvalue weighted by Crippen LogP contribution is 2.08. The van der Waals surface area contributed by atoms with Gasteiger partial charge < -0.3 is 19.9 Å². The molecule has 0 rings (SSSR count). The molecule has 0 aliphatic rings. The fourth-order valence-corrected chi connectivity index (χ4v) is 0.676. The predicted molar refractivity (Wildman–Crippen MR) is 52.2 cm³/mol. The summed E-state index contributed by atoms with van der Waals surface area (Å²) in [5.74, 6) is -0.869. The lowest BCUT2D eigenvalue weighted by atomic mass is 10.2. The minimum absolute atomic E-state index is 0.0123. The molecule has 0 aromatic rings. The van der Waals surface area contributed by atoms with E-state index in [1.807, 2.05) is 0 Å². The molecule has 0 aromatic carbocycles. The Morgan fingerprint density at radius 2 is 1.87 bits per heavy atom. The molecule has 2 N–H and O–H groups in total. The number of methoxy groups -OCH3 is 1. The van der Waals surface area contributed by atoms with Crippen LogP contribution in [0.25, 0.3) is 0 Å². The molecule has 0 aromatic heterocycles. The van der Waals surface area contributed by atoms with Crippen LogP contribution in [0.1, 0.15) is 20.8 Å². The molecule has 1 atom stereocenters. The van der Waals surface area contributed by atoms with Crippen molar-refractivity contribution in [2.24, 2.45) is 5.73 Å². The summed E-state index contributed by atoms with van der Waals surface area (Å²) in [5, 5.41) is 0. The van der Waals surface area contributed by atoms with Gasteiger partial charge in [-0.05, 0) is 20.8 Å². The van der Waals surface area contributed by atoms with Crippen LogP contribution in [0.5, 0.6) is 0 Å². The standard InChI is InChI=1S/C9H17NO5/c1-9(2,3)15-8(12)14-7(11)6(10)5-13-4/h6H,5,10H2,1-4H3/t6-/m0/s1. The SMILES string of the molecule is COC[C@H](N)C(=O)OC(=O)OC(C)(C)C. The van der Waals surface area contributed by atoms with E-state index in [0.29, 0.717) is 0 Å². The lowest BCUT2D eigenvalue weighted by molar-refractivity contribution is -0.144. The van der Waals surface area contributed by atoms with E-state index >= 15 is 0 Å². The van der Waals surface area contributed by atoms with Crippen molar-refractivity contribution in [1.29, 1.82) is 0 Å². The maximum Gasteiger partial charge on any atom is 0.516 e. The summed E-state index contributed by atoms with van der Waals surface area (Å²) in [4.78, 5) is 22.1. The zero-order chi connectivity index (χ0) is 12.1. The Kier molecular flexibility index (Phi) is 5.24. The van der Waals surface area contributed by atoms with Crippen molar-refractivity contribution < 1.29 is 23.8 Å². The molecule has 0 heterocycles. The van der Waals surface area contributed by atoms with E-state index < -0.39 is 23.8 Å². The summed E-state index contributed by atoms with van der Waals surface area (Å²) < 4.78 is 13.7. The van der Waals surface area contributed by atoms with Gasteiger partial charge in [-0.25, -0.2) is 9.59 Å². The van der Waals surface area contributed by atoms with Crippen molar-refractivity contribution in [2.75, 3.05) is 13.7 Å². The van der Waals surface area contributed by atoms with Crippen LogP contribution in [0, 0.1) is 0 Å². The summed E-state index contributed by atoms with van der Waals surface area (Å²) in [6, 6.07) is -0.984. The number of nitrogens with two attached hydrogens (primary N) is 1. The molecular formula is C9H17NO5. The number of rotatable bonds is 3. The fraction of sp³-hybridized carbons (Fsp3) is 0.778. The zero-order valence-electron chi connectivity index (χ0n) is 9.40. The number of carbonyl (C=O) groups is 2. The molecule has 0 spiro atoms. The second-order valence-electron chi connectivity index (χ2n) is 3.95. The zero-order valence-corrected chi connectivity index (χ0v) is 9.40. The Labute approximate surface area is 88.7 Å². The average molecular weight is 219 g/mol. The number of ether oxygens (including phenoxy) is 3. The minimum Gasteiger partial charge on any atom is -0.428 e. The summed E-state index contributed by atoms with van der Waals surface area (Å²) in [5.41, 5.74) is 4.63. The summed E-state index contributed by atoms with van der Waals surface area (Å²) in [6.07, 6.45) is -1.06. The van der Waals surface area contributed by atoms with Crippen molar-refractivity contribution in [3.8, 4) is 0 Å². The molecule has 0 aliphatic heterocycles. The Bertz CT molecular complexity index is 233. The van der Waals surface area contributed by atoms with Gasteiger partial charge in [0.15, 0.2) is 0 Å². The summed E-state index contributed by atoms with van der Waals surface area (Å²) in [7, 11) is 1.39. The molecule has 0 radical (unpaired) electrons. The highest BCUT2D eigenvalue weighted by atomic mass is 16.7. The molecule has 15 heavy (non-hydrogen) atoms. The molecule has 0 unspecified atom stereocenters. The Morgan fingerprint density at radius 3 is 2.27 bits per heavy atom. The lowest BCUT2D eigenvalue weighted by Gasteiger charge is -2.18. The van der Waals surface area contributed by atoms with E-state index in [4.69, 9.17) is 10.5 Å². The van der Waals surface area contributed by atoms with Gasteiger partial charge in [-0.15, -0.1) is 0 Å². The van der Waals surface area contributed by atoms with Crippen molar-refractivity contribution in [1.82, 2.24) is 0 Å². The van der Waals surface area contributed by atoms with Gasteiger partial charge in [-0.3, -0.25) is 0 Å². The topological polar surface area (TPSA) is 87.9 Å². The average Bonchev–Trinajstić information content (AvgIpc) is 2.00. The van der Waals surface area contributed by atoms with E-state index in [-0.39, 0.29) is 6.61 Å². The second kappa shape index (κ2) is 5.67. The maximum absolute atomic E-state index is 11.1. The summed E-state index contributed by atoms with van der Waals surface area (Å²) >= 11 is 0. The Morgan fingerprint density at radius 1 is 1.33 bits per heavy atom. The van der Waals surface area contributed by atoms with Gasteiger partial charge in [0.05, 0.1) is 6.61 Å². The van der Waals surface area contributed by atoms with Crippen LogP contribution >= 0.6 is 0 Å². The highest BCUT2D eigenvalue weighted by Gasteiger charge is 2.23. The van der Waals surface area contributed by atoms with E-state index in [2.05, 4.69) is 9.47 Å². The molecule has 6 nitrogen and oxygen atoms in total. The Hall–Kier alpha value is -1.14. The third kappa shape index (κ3) is 6.87. The van der Waals surface area contributed by atoms with E-state index in [1.165, 1.54) is 7.11 Å². The number of esters is 1. The van der Waals surface area contributed by atoms with E-state index in [9.17, 15) is 9.59 Å². The second-order valence-corrected chi connectivity index (χ2v) is 3.95. The molecule has 0 amide bonds. The van der Waals surface area contributed by atoms with Crippen molar-refractivity contribution in [3.05, 3.63) is 0 Å². The largest absolute Gasteiger partial charge is 0.516 e. The molecule has 0 saturated heterocycles. The van der Waals surface area contributed by atoms with Crippen molar-refractivity contribution in [2.45, 2.75) is 32.4 Å². The molecule has 0 bridgehead atoms. The predicted octanol–water partition coefficient (Wildman–Crippen LogP) is 0.438. The van der Waals surface area contributed by atoms with Gasteiger partial charge in [0.1, 0.15) is 11.6 Å². The number of carbonyl (C=O) groups excluding carboxylic acids is 2. The first-order valence-electron chi connectivity index (χ1n) is 4.45. The van der Waals surface area contributed by atoms with Gasteiger partial charge >= 0.3 is 12.1 Å². The number of hydrogen-bond acceptors (Lipinski definition) is 6. The van der Waals surface area contributed by atoms with Gasteiger partial charge in [0, 0.05) is 7.11 Å². The van der Waals surface area contributed by atoms with Crippen LogP contribution in [-0.2, 0) is 19.0 Å². The van der Waals surface area contributed by atoms with Gasteiger partial charge in [0.2, 0.25) is 0 Å². The van der Waals surface area contributed by atoms with Crippen LogP contribution in [0.3, 0.4) is 0 Å². The maximum atomic E-state index is 11.1. The van der Waals surface area contributed by atoms with Gasteiger partial charge in [-0.1, -0.05) is 0 Å². The molecule has 0 saturated carbocycles. The molecule has 88 valence electrons. The van der Waals surface area contributed by atoms with E-state index in [1.54, 1.807) is 20.8 Å². The third-order valence-electron chi connectivity index (χ3n) is 1.22. The molecule has 0 fully saturated rings. The first-order chi connectivity index (χ1) is 6.76. The van der Waals surface area contributed by atoms with Crippen LogP contribution in [0.4, 0.5) is 4.79 Å². The highest BCUT2D eigenvalue weighted by molar-refractivity contribution is 5.85. The normalized spacial score (nSPS) is 13.1. The van der Waals surface area contributed by atoms with Gasteiger partial charge in [0.25, 0.3) is 0 Å². The van der Waals surface area contributed by atoms with Gasteiger partial charge in [-0.2, -0.15) is 0 Å². The van der Waals surface area contributed by atoms with E-state index in [0.717, 1.165) is 0 Å². The fourth-order valence-electron chi connectivity index (χ4n) is 0.676. The monoisotopic (exact) mass is 219 g/mol. The van der Waals surface area contributed by atoms with Crippen LogP contribution in [-0.4, -0.2) is 37.5 Å². The smallest absolute Gasteiger partial charge is 0.428 e. The number of hydrogen-bond donors (Lipinski definition) is 1. The molecular weight excluding hydrogens is 202 g/mol. The Balaban J connectivity index is 4.02. The first-order valence-corrected chi connectivity index (χ1v) is 4.45. The van der Waals surface area contributed by atoms with Crippen molar-refractivity contribution >= 4 is 12.1 Å². The first kappa shape index (κ1) is 13.9. The third-order valence-corrected chi connectivity index (χ3v) is 1.22. The molecule has 6 heteroatoms. The molecule has 0 aliphatic carbocycles. The quantitative estimate of drug-likeness (QED) is 0.547.